The molecule has 1 aromatic heterocycles. The van der Waals surface area contributed by atoms with Crippen molar-refractivity contribution in [2.24, 2.45) is 0 Å². The molecule has 70 valence electrons. The molecular formula is C11H10N2S. The molecule has 2 aromatic rings. The van der Waals surface area contributed by atoms with Crippen molar-refractivity contribution in [3.63, 3.8) is 0 Å². The molecule has 0 aliphatic rings. The highest BCUT2D eigenvalue weighted by atomic mass is 32.1. The van der Waals surface area contributed by atoms with Gasteiger partial charge in [-0.05, 0) is 36.1 Å². The number of hydrogen-bond donors (Lipinski definition) is 1. The van der Waals surface area contributed by atoms with Gasteiger partial charge < -0.3 is 5.73 Å². The fourth-order valence-corrected chi connectivity index (χ4v) is 2.49. The van der Waals surface area contributed by atoms with E-state index in [-0.39, 0.29) is 0 Å². The van der Waals surface area contributed by atoms with Crippen molar-refractivity contribution in [2.75, 3.05) is 5.73 Å². The molecule has 0 bridgehead atoms. The predicted octanol–water partition coefficient (Wildman–Crippen LogP) is 2.86. The molecule has 2 rings (SSSR count). The number of anilines is 1. The Morgan fingerprint density at radius 1 is 1.43 bits per heavy atom. The van der Waals surface area contributed by atoms with Crippen LogP contribution in [0.3, 0.4) is 0 Å². The first-order valence-corrected chi connectivity index (χ1v) is 5.18. The maximum absolute atomic E-state index is 8.62. The molecule has 0 radical (unpaired) electrons. The van der Waals surface area contributed by atoms with Gasteiger partial charge in [0.25, 0.3) is 0 Å². The van der Waals surface area contributed by atoms with Crippen LogP contribution >= 0.6 is 11.3 Å². The fraction of sp³-hybridized carbons (Fsp3) is 0.182. The molecule has 0 aliphatic heterocycles. The van der Waals surface area contributed by atoms with Crippen molar-refractivity contribution in [3.05, 3.63) is 28.6 Å². The van der Waals surface area contributed by atoms with Crippen LogP contribution < -0.4 is 5.73 Å². The third kappa shape index (κ3) is 1.45. The first-order chi connectivity index (χ1) is 6.70. The largest absolute Gasteiger partial charge is 0.398 e. The van der Waals surface area contributed by atoms with Gasteiger partial charge in [-0.25, -0.2) is 0 Å². The summed E-state index contributed by atoms with van der Waals surface area (Å²) in [6.07, 6.45) is 0.388. The SMILES string of the molecule is Cc1cc2cc(N)c(CC#N)cc2s1. The minimum atomic E-state index is 0.388. The first kappa shape index (κ1) is 9.04. The number of thiophene rings is 1. The van der Waals surface area contributed by atoms with Gasteiger partial charge in [-0.2, -0.15) is 5.26 Å². The van der Waals surface area contributed by atoms with Crippen LogP contribution in [-0.2, 0) is 6.42 Å². The minimum absolute atomic E-state index is 0.388. The summed E-state index contributed by atoms with van der Waals surface area (Å²) in [5.74, 6) is 0. The van der Waals surface area contributed by atoms with Crippen molar-refractivity contribution in [1.29, 1.82) is 5.26 Å². The van der Waals surface area contributed by atoms with Crippen molar-refractivity contribution >= 4 is 27.1 Å². The normalized spacial score (nSPS) is 10.3. The molecule has 0 aliphatic carbocycles. The number of fused-ring (bicyclic) bond motifs is 1. The summed E-state index contributed by atoms with van der Waals surface area (Å²) in [5.41, 5.74) is 7.49. The van der Waals surface area contributed by atoms with E-state index in [2.05, 4.69) is 19.1 Å². The number of nitrogens with zero attached hydrogens (tertiary/aromatic N) is 1. The van der Waals surface area contributed by atoms with Gasteiger partial charge >= 0.3 is 0 Å². The number of rotatable bonds is 1. The van der Waals surface area contributed by atoms with E-state index in [4.69, 9.17) is 11.0 Å². The zero-order valence-electron chi connectivity index (χ0n) is 7.87. The summed E-state index contributed by atoms with van der Waals surface area (Å²) in [7, 11) is 0. The Labute approximate surface area is 86.6 Å². The van der Waals surface area contributed by atoms with Crippen molar-refractivity contribution < 1.29 is 0 Å². The lowest BCUT2D eigenvalue weighted by Gasteiger charge is -2.00. The zero-order chi connectivity index (χ0) is 10.1. The van der Waals surface area contributed by atoms with Gasteiger partial charge in [0.15, 0.2) is 0 Å². The summed E-state index contributed by atoms with van der Waals surface area (Å²) >= 11 is 1.74. The van der Waals surface area contributed by atoms with E-state index in [1.807, 2.05) is 12.1 Å². The van der Waals surface area contributed by atoms with Crippen LogP contribution in [0, 0.1) is 18.3 Å². The minimum Gasteiger partial charge on any atom is -0.398 e. The van der Waals surface area contributed by atoms with Crippen LogP contribution in [0.15, 0.2) is 18.2 Å². The van der Waals surface area contributed by atoms with Crippen molar-refractivity contribution in [3.8, 4) is 6.07 Å². The maximum Gasteiger partial charge on any atom is 0.0670 e. The predicted molar refractivity (Wildman–Crippen MR) is 60.3 cm³/mol. The Morgan fingerprint density at radius 3 is 2.93 bits per heavy atom. The second kappa shape index (κ2) is 3.32. The Kier molecular flexibility index (Phi) is 2.14. The summed E-state index contributed by atoms with van der Waals surface area (Å²) in [5, 5.41) is 9.79. The Hall–Kier alpha value is -1.53. The Balaban J connectivity index is 2.65. The zero-order valence-corrected chi connectivity index (χ0v) is 8.69. The first-order valence-electron chi connectivity index (χ1n) is 4.36. The van der Waals surface area contributed by atoms with Gasteiger partial charge in [0.05, 0.1) is 12.5 Å². The number of aryl methyl sites for hydroxylation is 1. The maximum atomic E-state index is 8.62. The number of nitrogens with two attached hydrogens (primary N) is 1. The van der Waals surface area contributed by atoms with Gasteiger partial charge in [-0.1, -0.05) is 0 Å². The fourth-order valence-electron chi connectivity index (χ4n) is 1.52. The lowest BCUT2D eigenvalue weighted by molar-refractivity contribution is 1.28. The van der Waals surface area contributed by atoms with E-state index in [9.17, 15) is 0 Å². The average Bonchev–Trinajstić information content (AvgIpc) is 2.45. The van der Waals surface area contributed by atoms with Crippen LogP contribution in [0.4, 0.5) is 5.69 Å². The third-order valence-corrected chi connectivity index (χ3v) is 3.18. The standard InChI is InChI=1S/C11H10N2S/c1-7-4-9-5-10(13)8(2-3-12)6-11(9)14-7/h4-6H,2,13H2,1H3. The molecule has 14 heavy (non-hydrogen) atoms. The third-order valence-electron chi connectivity index (χ3n) is 2.17. The molecule has 0 fully saturated rings. The van der Waals surface area contributed by atoms with E-state index < -0.39 is 0 Å². The molecular weight excluding hydrogens is 192 g/mol. The van der Waals surface area contributed by atoms with Gasteiger partial charge in [0.1, 0.15) is 0 Å². The molecule has 0 saturated carbocycles. The van der Waals surface area contributed by atoms with Crippen LogP contribution in [-0.4, -0.2) is 0 Å². The van der Waals surface area contributed by atoms with E-state index >= 15 is 0 Å². The highest BCUT2D eigenvalue weighted by molar-refractivity contribution is 7.19. The second-order valence-electron chi connectivity index (χ2n) is 3.28. The quantitative estimate of drug-likeness (QED) is 0.723. The van der Waals surface area contributed by atoms with Crippen molar-refractivity contribution in [2.45, 2.75) is 13.3 Å². The highest BCUT2D eigenvalue weighted by Crippen LogP contribution is 2.29. The Bertz CT molecular complexity index is 520. The highest BCUT2D eigenvalue weighted by Gasteiger charge is 2.04. The number of nitrogen functional groups attached to an aromatic ring is 1. The molecule has 0 spiro atoms. The monoisotopic (exact) mass is 202 g/mol. The summed E-state index contributed by atoms with van der Waals surface area (Å²) in [6, 6.07) is 8.21. The summed E-state index contributed by atoms with van der Waals surface area (Å²) in [6.45, 7) is 2.07. The topological polar surface area (TPSA) is 49.8 Å². The van der Waals surface area contributed by atoms with Crippen LogP contribution in [0.25, 0.3) is 10.1 Å². The second-order valence-corrected chi connectivity index (χ2v) is 4.57. The lowest BCUT2D eigenvalue weighted by Crippen LogP contribution is -1.92. The summed E-state index contributed by atoms with van der Waals surface area (Å²) in [4.78, 5) is 1.27. The number of hydrogen-bond acceptors (Lipinski definition) is 3. The van der Waals surface area contributed by atoms with Crippen LogP contribution in [0.1, 0.15) is 10.4 Å². The molecule has 1 heterocycles. The van der Waals surface area contributed by atoms with Gasteiger partial charge in [0.2, 0.25) is 0 Å². The molecule has 0 atom stereocenters. The molecule has 0 saturated heterocycles. The average molecular weight is 202 g/mol. The summed E-state index contributed by atoms with van der Waals surface area (Å²) < 4.78 is 1.21. The molecule has 2 nitrogen and oxygen atoms in total. The van der Waals surface area contributed by atoms with Crippen LogP contribution in [0.2, 0.25) is 0 Å². The lowest BCUT2D eigenvalue weighted by atomic mass is 10.1. The van der Waals surface area contributed by atoms with E-state index in [0.29, 0.717) is 6.42 Å². The Morgan fingerprint density at radius 2 is 2.21 bits per heavy atom. The molecule has 1 aromatic carbocycles. The number of nitriles is 1. The van der Waals surface area contributed by atoms with Gasteiger partial charge in [-0.3, -0.25) is 0 Å². The van der Waals surface area contributed by atoms with E-state index in [1.54, 1.807) is 11.3 Å². The molecule has 2 N–H and O–H groups in total. The smallest absolute Gasteiger partial charge is 0.0670 e. The van der Waals surface area contributed by atoms with Gasteiger partial charge in [-0.15, -0.1) is 11.3 Å². The van der Waals surface area contributed by atoms with Gasteiger partial charge in [0, 0.05) is 15.3 Å². The van der Waals surface area contributed by atoms with E-state index in [1.165, 1.54) is 15.0 Å². The molecule has 3 heteroatoms. The van der Waals surface area contributed by atoms with Crippen LogP contribution in [0.5, 0.6) is 0 Å². The number of benzene rings is 1. The van der Waals surface area contributed by atoms with Crippen molar-refractivity contribution in [1.82, 2.24) is 0 Å². The van der Waals surface area contributed by atoms with E-state index in [0.717, 1.165) is 11.3 Å². The molecule has 0 amide bonds. The molecule has 0 unspecified atom stereocenters.